The molecular formula is C12H13BrO4. The average Bonchev–Trinajstić information content (AvgIpc) is 2.27. The normalized spacial score (nSPS) is 11.2. The van der Waals surface area contributed by atoms with Crippen LogP contribution < -0.4 is 9.47 Å². The monoisotopic (exact) mass is 300 g/mol. The highest BCUT2D eigenvalue weighted by Crippen LogP contribution is 2.36. The fraction of sp³-hybridized carbons (Fsp3) is 0.250. The highest BCUT2D eigenvalue weighted by Gasteiger charge is 2.11. The van der Waals surface area contributed by atoms with Gasteiger partial charge in [0.05, 0.1) is 18.7 Å². The number of hydrogen-bond donors (Lipinski definition) is 1. The molecule has 0 atom stereocenters. The first-order chi connectivity index (χ1) is 7.99. The summed E-state index contributed by atoms with van der Waals surface area (Å²) in [6.07, 6.45) is 1.14. The van der Waals surface area contributed by atoms with Crippen molar-refractivity contribution in [3.8, 4) is 11.5 Å². The lowest BCUT2D eigenvalue weighted by Gasteiger charge is -2.12. The van der Waals surface area contributed by atoms with Crippen LogP contribution in [-0.4, -0.2) is 25.3 Å². The molecule has 0 amide bonds. The van der Waals surface area contributed by atoms with Crippen molar-refractivity contribution in [1.29, 1.82) is 0 Å². The van der Waals surface area contributed by atoms with Crippen LogP contribution in [0.4, 0.5) is 0 Å². The number of ether oxygens (including phenoxy) is 2. The second kappa shape index (κ2) is 5.72. The molecule has 0 aliphatic rings. The summed E-state index contributed by atoms with van der Waals surface area (Å²) in [5.74, 6) is 0.213. The summed E-state index contributed by atoms with van der Waals surface area (Å²) in [5.41, 5.74) is 1.32. The zero-order valence-corrected chi connectivity index (χ0v) is 11.4. The molecule has 1 N–H and O–H groups in total. The van der Waals surface area contributed by atoms with Crippen LogP contribution in [0.3, 0.4) is 0 Å². The fourth-order valence-corrected chi connectivity index (χ4v) is 1.94. The van der Waals surface area contributed by atoms with Gasteiger partial charge in [-0.05, 0) is 34.5 Å². The molecule has 0 unspecified atom stereocenters. The summed E-state index contributed by atoms with van der Waals surface area (Å²) in [4.78, 5) is 10.6. The lowest BCUT2D eigenvalue weighted by atomic mass is 10.1. The smallest absolute Gasteiger partial charge is 0.328 e. The van der Waals surface area contributed by atoms with E-state index in [-0.39, 0.29) is 0 Å². The van der Waals surface area contributed by atoms with Crippen LogP contribution in [0.15, 0.2) is 22.7 Å². The van der Waals surface area contributed by atoms with E-state index in [2.05, 4.69) is 15.9 Å². The van der Waals surface area contributed by atoms with Gasteiger partial charge in [-0.2, -0.15) is 0 Å². The molecule has 1 aromatic carbocycles. The third kappa shape index (κ3) is 3.23. The Morgan fingerprint density at radius 1 is 1.29 bits per heavy atom. The van der Waals surface area contributed by atoms with Gasteiger partial charge >= 0.3 is 5.97 Å². The molecule has 0 aliphatic carbocycles. The largest absolute Gasteiger partial charge is 0.496 e. The topological polar surface area (TPSA) is 55.8 Å². The van der Waals surface area contributed by atoms with Gasteiger partial charge in [0.2, 0.25) is 0 Å². The van der Waals surface area contributed by atoms with Gasteiger partial charge in [0, 0.05) is 17.7 Å². The van der Waals surface area contributed by atoms with Crippen molar-refractivity contribution in [2.75, 3.05) is 14.2 Å². The summed E-state index contributed by atoms with van der Waals surface area (Å²) in [5, 5.41) is 8.73. The van der Waals surface area contributed by atoms with E-state index >= 15 is 0 Å². The van der Waals surface area contributed by atoms with Crippen molar-refractivity contribution in [3.63, 3.8) is 0 Å². The van der Waals surface area contributed by atoms with Gasteiger partial charge in [-0.1, -0.05) is 0 Å². The number of halogens is 1. The molecule has 0 aromatic heterocycles. The Kier molecular flexibility index (Phi) is 4.57. The maximum Gasteiger partial charge on any atom is 0.328 e. The van der Waals surface area contributed by atoms with E-state index < -0.39 is 5.97 Å². The van der Waals surface area contributed by atoms with Gasteiger partial charge in [0.25, 0.3) is 0 Å². The van der Waals surface area contributed by atoms with Crippen LogP contribution in [0.1, 0.15) is 12.5 Å². The molecule has 92 valence electrons. The van der Waals surface area contributed by atoms with Crippen LogP contribution in [-0.2, 0) is 4.79 Å². The molecule has 4 nitrogen and oxygen atoms in total. The van der Waals surface area contributed by atoms with Gasteiger partial charge in [-0.25, -0.2) is 4.79 Å². The number of methoxy groups -OCH3 is 2. The van der Waals surface area contributed by atoms with Crippen molar-refractivity contribution in [2.45, 2.75) is 6.92 Å². The van der Waals surface area contributed by atoms with E-state index in [9.17, 15) is 4.79 Å². The number of hydrogen-bond acceptors (Lipinski definition) is 3. The zero-order chi connectivity index (χ0) is 13.0. The lowest BCUT2D eigenvalue weighted by Crippen LogP contribution is -1.95. The fourth-order valence-electron chi connectivity index (χ4n) is 1.43. The predicted octanol–water partition coefficient (Wildman–Crippen LogP) is 2.95. The van der Waals surface area contributed by atoms with Crippen LogP contribution in [0.25, 0.3) is 5.57 Å². The maximum atomic E-state index is 10.6. The van der Waals surface area contributed by atoms with Crippen LogP contribution in [0.2, 0.25) is 0 Å². The van der Waals surface area contributed by atoms with Gasteiger partial charge in [-0.15, -0.1) is 0 Å². The number of aliphatic carboxylic acids is 1. The Morgan fingerprint density at radius 3 is 2.35 bits per heavy atom. The van der Waals surface area contributed by atoms with Crippen LogP contribution in [0.5, 0.6) is 11.5 Å². The summed E-state index contributed by atoms with van der Waals surface area (Å²) >= 11 is 3.35. The third-order valence-corrected chi connectivity index (χ3v) is 2.86. The van der Waals surface area contributed by atoms with Gasteiger partial charge in [0.1, 0.15) is 11.5 Å². The molecule has 0 spiro atoms. The Labute approximate surface area is 108 Å². The Bertz CT molecular complexity index is 466. The summed E-state index contributed by atoms with van der Waals surface area (Å²) in [6.45, 7) is 1.71. The highest BCUT2D eigenvalue weighted by molar-refractivity contribution is 9.10. The van der Waals surface area contributed by atoms with E-state index in [0.29, 0.717) is 22.6 Å². The Hall–Kier alpha value is -1.49. The highest BCUT2D eigenvalue weighted by atomic mass is 79.9. The number of carboxylic acids is 1. The first kappa shape index (κ1) is 13.6. The summed E-state index contributed by atoms with van der Waals surface area (Å²) in [7, 11) is 3.08. The van der Waals surface area contributed by atoms with Gasteiger partial charge < -0.3 is 14.6 Å². The molecule has 0 bridgehead atoms. The molecule has 17 heavy (non-hydrogen) atoms. The lowest BCUT2D eigenvalue weighted by molar-refractivity contribution is -0.131. The molecular weight excluding hydrogens is 288 g/mol. The molecule has 0 fully saturated rings. The van der Waals surface area contributed by atoms with Crippen LogP contribution >= 0.6 is 15.9 Å². The number of rotatable bonds is 4. The van der Waals surface area contributed by atoms with Crippen molar-refractivity contribution in [2.24, 2.45) is 0 Å². The number of allylic oxidation sites excluding steroid dienone is 1. The molecule has 0 saturated heterocycles. The zero-order valence-electron chi connectivity index (χ0n) is 9.78. The third-order valence-electron chi connectivity index (χ3n) is 2.24. The number of benzene rings is 1. The molecule has 0 heterocycles. The van der Waals surface area contributed by atoms with E-state index in [4.69, 9.17) is 14.6 Å². The van der Waals surface area contributed by atoms with Crippen molar-refractivity contribution >= 4 is 27.5 Å². The summed E-state index contributed by atoms with van der Waals surface area (Å²) < 4.78 is 11.1. The van der Waals surface area contributed by atoms with Gasteiger partial charge in [0.15, 0.2) is 0 Å². The van der Waals surface area contributed by atoms with Gasteiger partial charge in [-0.3, -0.25) is 0 Å². The molecule has 0 aliphatic heterocycles. The molecule has 1 aromatic rings. The Balaban J connectivity index is 3.33. The first-order valence-corrected chi connectivity index (χ1v) is 5.62. The maximum absolute atomic E-state index is 10.6. The number of carbonyl (C=O) groups is 1. The van der Waals surface area contributed by atoms with Crippen molar-refractivity contribution in [1.82, 2.24) is 0 Å². The van der Waals surface area contributed by atoms with E-state index in [1.807, 2.05) is 0 Å². The average molecular weight is 301 g/mol. The molecule has 1 rings (SSSR count). The van der Waals surface area contributed by atoms with E-state index in [0.717, 1.165) is 10.5 Å². The first-order valence-electron chi connectivity index (χ1n) is 4.82. The molecule has 0 radical (unpaired) electrons. The Morgan fingerprint density at radius 2 is 1.88 bits per heavy atom. The minimum absolute atomic E-state index is 0.569. The second-order valence-corrected chi connectivity index (χ2v) is 4.21. The molecule has 0 saturated carbocycles. The van der Waals surface area contributed by atoms with Crippen molar-refractivity contribution < 1.29 is 19.4 Å². The van der Waals surface area contributed by atoms with E-state index in [1.165, 1.54) is 7.11 Å². The van der Waals surface area contributed by atoms with Crippen LogP contribution in [0, 0.1) is 0 Å². The molecule has 5 heteroatoms. The van der Waals surface area contributed by atoms with E-state index in [1.54, 1.807) is 26.2 Å². The summed E-state index contributed by atoms with van der Waals surface area (Å²) in [6, 6.07) is 3.48. The van der Waals surface area contributed by atoms with Crippen molar-refractivity contribution in [3.05, 3.63) is 28.2 Å². The minimum atomic E-state index is -0.989. The quantitative estimate of drug-likeness (QED) is 0.869. The SMILES string of the molecule is COc1cc(OC)c(/C(C)=C/C(=O)O)cc1Br. The number of carboxylic acid groups (broad SMARTS) is 1. The minimum Gasteiger partial charge on any atom is -0.496 e. The second-order valence-electron chi connectivity index (χ2n) is 3.35. The standard InChI is InChI=1S/C12H13BrO4/c1-7(4-12(14)15)8-5-9(13)11(17-3)6-10(8)16-2/h4-6H,1-3H3,(H,14,15)/b7-4+. The predicted molar refractivity (Wildman–Crippen MR) is 68.5 cm³/mol.